The van der Waals surface area contributed by atoms with Crippen LogP contribution in [0.5, 0.6) is 0 Å². The number of anilines is 1. The summed E-state index contributed by atoms with van der Waals surface area (Å²) in [5.41, 5.74) is 8.64. The Kier molecular flexibility index (Phi) is 7.76. The summed E-state index contributed by atoms with van der Waals surface area (Å²) in [6.45, 7) is 10.8. The topological polar surface area (TPSA) is 50.2 Å². The molecule has 2 aromatic rings. The van der Waals surface area contributed by atoms with Crippen LogP contribution in [0.2, 0.25) is 0 Å². The molecule has 1 atom stereocenters. The van der Waals surface area contributed by atoms with E-state index in [2.05, 4.69) is 78.5 Å². The second-order valence-corrected chi connectivity index (χ2v) is 6.91. The van der Waals surface area contributed by atoms with Gasteiger partial charge < -0.3 is 0 Å². The fourth-order valence-corrected chi connectivity index (χ4v) is 2.86. The number of aryl methyl sites for hydroxylation is 2. The van der Waals surface area contributed by atoms with Crippen LogP contribution in [0.1, 0.15) is 82.3 Å². The van der Waals surface area contributed by atoms with Crippen LogP contribution in [0.15, 0.2) is 35.4 Å². The van der Waals surface area contributed by atoms with E-state index >= 15 is 0 Å². The van der Waals surface area contributed by atoms with E-state index in [0.29, 0.717) is 11.9 Å². The van der Waals surface area contributed by atoms with Gasteiger partial charge in [0.05, 0.1) is 5.71 Å². The van der Waals surface area contributed by atoms with Gasteiger partial charge in [-0.25, -0.2) is 15.4 Å². The number of hydrogen-bond acceptors (Lipinski definition) is 4. The van der Waals surface area contributed by atoms with Crippen molar-refractivity contribution in [2.75, 3.05) is 5.43 Å². The highest BCUT2D eigenvalue weighted by Gasteiger charge is 2.06. The predicted octanol–water partition coefficient (Wildman–Crippen LogP) is 5.73. The van der Waals surface area contributed by atoms with Crippen molar-refractivity contribution in [3.63, 3.8) is 0 Å². The lowest BCUT2D eigenvalue weighted by molar-refractivity contribution is 0.733. The Balaban J connectivity index is 2.14. The summed E-state index contributed by atoms with van der Waals surface area (Å²) < 4.78 is 0. The Hall–Kier alpha value is -2.23. The van der Waals surface area contributed by atoms with Gasteiger partial charge >= 0.3 is 0 Å². The number of hydrazone groups is 1. The molecule has 0 saturated heterocycles. The molecule has 1 heterocycles. The summed E-state index contributed by atoms with van der Waals surface area (Å²) in [4.78, 5) is 9.18. The fraction of sp³-hybridized carbons (Fsp3) is 0.500. The number of nitrogens with one attached hydrogen (secondary N) is 1. The molecule has 1 aromatic carbocycles. The normalized spacial score (nSPS) is 12.9. The van der Waals surface area contributed by atoms with Gasteiger partial charge in [0.25, 0.3) is 0 Å². The van der Waals surface area contributed by atoms with Gasteiger partial charge in [-0.05, 0) is 49.3 Å². The SMILES string of the molecule is CCCc1cc(CCC)nc(NN=C(C)c2ccc(C(C)CC)cc2)n1. The van der Waals surface area contributed by atoms with Crippen molar-refractivity contribution in [2.45, 2.75) is 72.6 Å². The third-order valence-corrected chi connectivity index (χ3v) is 4.68. The van der Waals surface area contributed by atoms with Crippen LogP contribution in [-0.4, -0.2) is 15.7 Å². The molecular formula is C22H32N4. The van der Waals surface area contributed by atoms with Gasteiger partial charge in [0, 0.05) is 11.4 Å². The minimum absolute atomic E-state index is 0.589. The largest absolute Gasteiger partial charge is 0.245 e. The van der Waals surface area contributed by atoms with E-state index in [1.54, 1.807) is 0 Å². The van der Waals surface area contributed by atoms with E-state index in [1.165, 1.54) is 5.56 Å². The second kappa shape index (κ2) is 10.0. The molecule has 0 aliphatic carbocycles. The molecule has 0 amide bonds. The van der Waals surface area contributed by atoms with Crippen LogP contribution >= 0.6 is 0 Å². The summed E-state index contributed by atoms with van der Waals surface area (Å²) in [7, 11) is 0. The lowest BCUT2D eigenvalue weighted by Gasteiger charge is -2.10. The zero-order chi connectivity index (χ0) is 18.9. The number of rotatable bonds is 9. The van der Waals surface area contributed by atoms with Crippen LogP contribution in [0, 0.1) is 0 Å². The maximum Gasteiger partial charge on any atom is 0.243 e. The number of benzene rings is 1. The molecule has 4 nitrogen and oxygen atoms in total. The number of aromatic nitrogens is 2. The van der Waals surface area contributed by atoms with Gasteiger partial charge in [0.15, 0.2) is 0 Å². The van der Waals surface area contributed by atoms with Crippen molar-refractivity contribution in [1.29, 1.82) is 0 Å². The molecule has 0 spiro atoms. The highest BCUT2D eigenvalue weighted by Crippen LogP contribution is 2.19. The quantitative estimate of drug-likeness (QED) is 0.463. The van der Waals surface area contributed by atoms with Crippen molar-refractivity contribution < 1.29 is 0 Å². The van der Waals surface area contributed by atoms with Crippen molar-refractivity contribution in [3.05, 3.63) is 52.8 Å². The average Bonchev–Trinajstić information content (AvgIpc) is 2.66. The van der Waals surface area contributed by atoms with Gasteiger partial charge in [-0.1, -0.05) is 64.8 Å². The summed E-state index contributed by atoms with van der Waals surface area (Å²) in [5.74, 6) is 1.18. The van der Waals surface area contributed by atoms with Crippen LogP contribution in [0.4, 0.5) is 5.95 Å². The minimum atomic E-state index is 0.589. The Morgan fingerprint density at radius 2 is 1.58 bits per heavy atom. The van der Waals surface area contributed by atoms with Gasteiger partial charge in [0.2, 0.25) is 5.95 Å². The smallest absolute Gasteiger partial charge is 0.243 e. The van der Waals surface area contributed by atoms with E-state index in [-0.39, 0.29) is 0 Å². The molecule has 0 saturated carbocycles. The van der Waals surface area contributed by atoms with Crippen LogP contribution in [0.3, 0.4) is 0 Å². The Labute approximate surface area is 158 Å². The maximum atomic E-state index is 4.59. The highest BCUT2D eigenvalue weighted by molar-refractivity contribution is 5.99. The molecule has 1 unspecified atom stereocenters. The lowest BCUT2D eigenvalue weighted by Crippen LogP contribution is -2.06. The summed E-state index contributed by atoms with van der Waals surface area (Å²) in [6.07, 6.45) is 5.24. The van der Waals surface area contributed by atoms with E-state index in [9.17, 15) is 0 Å². The molecule has 1 N–H and O–H groups in total. The molecule has 0 radical (unpaired) electrons. The van der Waals surface area contributed by atoms with Crippen molar-refractivity contribution in [2.24, 2.45) is 5.10 Å². The Bertz CT molecular complexity index is 695. The fourth-order valence-electron chi connectivity index (χ4n) is 2.86. The van der Waals surface area contributed by atoms with E-state index in [1.807, 2.05) is 6.92 Å². The van der Waals surface area contributed by atoms with Crippen molar-refractivity contribution in [3.8, 4) is 0 Å². The zero-order valence-electron chi connectivity index (χ0n) is 16.8. The van der Waals surface area contributed by atoms with Gasteiger partial charge in [-0.3, -0.25) is 0 Å². The molecule has 140 valence electrons. The molecule has 2 rings (SSSR count). The zero-order valence-corrected chi connectivity index (χ0v) is 16.8. The summed E-state index contributed by atoms with van der Waals surface area (Å²) in [5, 5.41) is 4.50. The van der Waals surface area contributed by atoms with Crippen LogP contribution in [-0.2, 0) is 12.8 Å². The first-order valence-corrected chi connectivity index (χ1v) is 9.84. The van der Waals surface area contributed by atoms with Gasteiger partial charge in [-0.15, -0.1) is 0 Å². The molecule has 0 aliphatic heterocycles. The first-order valence-electron chi connectivity index (χ1n) is 9.84. The molecule has 26 heavy (non-hydrogen) atoms. The highest BCUT2D eigenvalue weighted by atomic mass is 15.4. The van der Waals surface area contributed by atoms with Crippen LogP contribution < -0.4 is 5.43 Å². The van der Waals surface area contributed by atoms with E-state index in [0.717, 1.165) is 54.8 Å². The summed E-state index contributed by atoms with van der Waals surface area (Å²) in [6, 6.07) is 10.8. The standard InChI is InChI=1S/C22H32N4/c1-6-9-20-15-21(10-7-2)24-22(23-20)26-25-17(5)19-13-11-18(12-14-19)16(4)8-3/h11-16H,6-10H2,1-5H3,(H,23,24,26). The Morgan fingerprint density at radius 1 is 1.00 bits per heavy atom. The van der Waals surface area contributed by atoms with Crippen LogP contribution in [0.25, 0.3) is 0 Å². The van der Waals surface area contributed by atoms with E-state index < -0.39 is 0 Å². The van der Waals surface area contributed by atoms with Crippen molar-refractivity contribution >= 4 is 11.7 Å². The molecule has 0 fully saturated rings. The number of hydrogen-bond donors (Lipinski definition) is 1. The predicted molar refractivity (Wildman–Crippen MR) is 111 cm³/mol. The monoisotopic (exact) mass is 352 g/mol. The maximum absolute atomic E-state index is 4.59. The Morgan fingerprint density at radius 3 is 2.08 bits per heavy atom. The molecule has 0 aliphatic rings. The third kappa shape index (κ3) is 5.65. The second-order valence-electron chi connectivity index (χ2n) is 6.91. The minimum Gasteiger partial charge on any atom is -0.245 e. The molecule has 1 aromatic heterocycles. The van der Waals surface area contributed by atoms with Gasteiger partial charge in [0.1, 0.15) is 0 Å². The lowest BCUT2D eigenvalue weighted by atomic mass is 9.97. The number of nitrogens with zero attached hydrogens (tertiary/aromatic N) is 3. The van der Waals surface area contributed by atoms with E-state index in [4.69, 9.17) is 0 Å². The molecular weight excluding hydrogens is 320 g/mol. The summed E-state index contributed by atoms with van der Waals surface area (Å²) >= 11 is 0. The molecule has 4 heteroatoms. The first kappa shape index (κ1) is 20.1. The average molecular weight is 353 g/mol. The molecule has 0 bridgehead atoms. The van der Waals surface area contributed by atoms with Gasteiger partial charge in [-0.2, -0.15) is 5.10 Å². The first-order chi connectivity index (χ1) is 12.6. The van der Waals surface area contributed by atoms with Crippen molar-refractivity contribution in [1.82, 2.24) is 9.97 Å². The third-order valence-electron chi connectivity index (χ3n) is 4.68.